The van der Waals surface area contributed by atoms with Crippen LogP contribution in [0.25, 0.3) is 5.69 Å². The van der Waals surface area contributed by atoms with E-state index in [0.29, 0.717) is 36.2 Å². The van der Waals surface area contributed by atoms with Crippen LogP contribution >= 0.6 is 0 Å². The molecule has 0 saturated carbocycles. The summed E-state index contributed by atoms with van der Waals surface area (Å²) in [5.41, 5.74) is 10.7. The average Bonchev–Trinajstić information content (AvgIpc) is 3.23. The molecule has 0 bridgehead atoms. The number of benzene rings is 2. The third-order valence-corrected chi connectivity index (χ3v) is 6.50. The van der Waals surface area contributed by atoms with Gasteiger partial charge in [-0.15, -0.1) is 0 Å². The lowest BCUT2D eigenvalue weighted by molar-refractivity contribution is -0.132. The van der Waals surface area contributed by atoms with Gasteiger partial charge in [0.2, 0.25) is 11.8 Å². The summed E-state index contributed by atoms with van der Waals surface area (Å²) in [4.78, 5) is 14.1. The van der Waals surface area contributed by atoms with Crippen LogP contribution in [0.1, 0.15) is 42.1 Å². The maximum atomic E-state index is 12.4. The molecule has 4 rings (SSSR count). The van der Waals surface area contributed by atoms with Gasteiger partial charge in [-0.25, -0.2) is 4.68 Å². The van der Waals surface area contributed by atoms with Gasteiger partial charge in [0.15, 0.2) is 18.1 Å². The highest BCUT2D eigenvalue weighted by molar-refractivity contribution is 5.77. The predicted molar refractivity (Wildman–Crippen MR) is 139 cm³/mol. The lowest BCUT2D eigenvalue weighted by atomic mass is 9.84. The van der Waals surface area contributed by atoms with Gasteiger partial charge in [0, 0.05) is 13.1 Å². The van der Waals surface area contributed by atoms with Crippen molar-refractivity contribution in [3.05, 3.63) is 76.3 Å². The minimum absolute atomic E-state index is 0.0253. The molecule has 0 saturated heterocycles. The molecule has 1 aromatic heterocycles. The van der Waals surface area contributed by atoms with Crippen LogP contribution in [0.3, 0.4) is 0 Å². The van der Waals surface area contributed by atoms with Crippen molar-refractivity contribution < 1.29 is 19.0 Å². The average molecular weight is 502 g/mol. The van der Waals surface area contributed by atoms with Crippen molar-refractivity contribution in [2.45, 2.75) is 33.6 Å². The minimum Gasteiger partial charge on any atom is -0.493 e. The van der Waals surface area contributed by atoms with Crippen molar-refractivity contribution in [1.29, 1.82) is 5.26 Å². The van der Waals surface area contributed by atoms with Crippen LogP contribution in [-0.2, 0) is 4.79 Å². The first-order valence-corrected chi connectivity index (χ1v) is 12.1. The molecule has 2 N–H and O–H groups in total. The zero-order chi connectivity index (χ0) is 26.7. The molecule has 9 nitrogen and oxygen atoms in total. The van der Waals surface area contributed by atoms with E-state index in [2.05, 4.69) is 6.07 Å². The topological polar surface area (TPSA) is 116 Å². The number of rotatable bonds is 8. The van der Waals surface area contributed by atoms with E-state index >= 15 is 0 Å². The Morgan fingerprint density at radius 3 is 2.49 bits per heavy atom. The SMILES string of the molecule is CCN(CC)C(=O)COc1ccc([C@H]2C(C#N)=C(N)Oc3c2c(C)nn3-c2ccc(C)cc2)cc1OC. The number of fused-ring (bicyclic) bond motifs is 1. The number of aromatic nitrogens is 2. The molecule has 3 aromatic rings. The largest absolute Gasteiger partial charge is 0.493 e. The molecular formula is C28H31N5O4. The number of hydrogen-bond acceptors (Lipinski definition) is 7. The fourth-order valence-corrected chi connectivity index (χ4v) is 4.50. The monoisotopic (exact) mass is 501 g/mol. The molecule has 0 spiro atoms. The van der Waals surface area contributed by atoms with Crippen molar-refractivity contribution >= 4 is 5.91 Å². The van der Waals surface area contributed by atoms with Crippen LogP contribution in [0.2, 0.25) is 0 Å². The number of carbonyl (C=O) groups is 1. The van der Waals surface area contributed by atoms with Crippen LogP contribution < -0.4 is 19.9 Å². The van der Waals surface area contributed by atoms with Crippen LogP contribution in [0.5, 0.6) is 17.4 Å². The summed E-state index contributed by atoms with van der Waals surface area (Å²) in [7, 11) is 1.53. The Morgan fingerprint density at radius 2 is 1.86 bits per heavy atom. The second kappa shape index (κ2) is 10.7. The number of amides is 1. The van der Waals surface area contributed by atoms with E-state index in [-0.39, 0.29) is 24.0 Å². The van der Waals surface area contributed by atoms with Gasteiger partial charge < -0.3 is 24.8 Å². The molecule has 1 aliphatic heterocycles. The molecule has 0 radical (unpaired) electrons. The molecule has 1 amide bonds. The van der Waals surface area contributed by atoms with Gasteiger partial charge in [-0.05, 0) is 57.5 Å². The zero-order valence-corrected chi connectivity index (χ0v) is 21.7. The summed E-state index contributed by atoms with van der Waals surface area (Å²) < 4.78 is 19.0. The summed E-state index contributed by atoms with van der Waals surface area (Å²) in [5.74, 6) is 0.739. The normalized spacial score (nSPS) is 14.4. The molecule has 2 heterocycles. The van der Waals surface area contributed by atoms with Crippen molar-refractivity contribution in [3.8, 4) is 29.1 Å². The number of nitriles is 1. The van der Waals surface area contributed by atoms with E-state index in [0.717, 1.165) is 22.4 Å². The van der Waals surface area contributed by atoms with Crippen LogP contribution in [0.15, 0.2) is 53.9 Å². The third-order valence-electron chi connectivity index (χ3n) is 6.50. The number of likely N-dealkylation sites (N-methyl/N-ethyl adjacent to an activating group) is 1. The molecule has 1 atom stereocenters. The van der Waals surface area contributed by atoms with E-state index in [1.807, 2.05) is 58.0 Å². The first-order valence-electron chi connectivity index (χ1n) is 12.1. The molecule has 0 aliphatic carbocycles. The van der Waals surface area contributed by atoms with Crippen molar-refractivity contribution in [1.82, 2.24) is 14.7 Å². The first-order chi connectivity index (χ1) is 17.8. The molecule has 192 valence electrons. The molecular weight excluding hydrogens is 470 g/mol. The highest BCUT2D eigenvalue weighted by atomic mass is 16.5. The summed E-state index contributed by atoms with van der Waals surface area (Å²) >= 11 is 0. The number of ether oxygens (including phenoxy) is 3. The Kier molecular flexibility index (Phi) is 7.39. The third kappa shape index (κ3) is 4.83. The van der Waals surface area contributed by atoms with Gasteiger partial charge in [0.05, 0.1) is 30.0 Å². The number of allylic oxidation sites excluding steroid dienone is 1. The Morgan fingerprint density at radius 1 is 1.16 bits per heavy atom. The smallest absolute Gasteiger partial charge is 0.260 e. The summed E-state index contributed by atoms with van der Waals surface area (Å²) in [5, 5.41) is 14.7. The zero-order valence-electron chi connectivity index (χ0n) is 21.7. The second-order valence-corrected chi connectivity index (χ2v) is 8.74. The fraction of sp³-hybridized carbons (Fsp3) is 0.321. The second-order valence-electron chi connectivity index (χ2n) is 8.74. The number of nitrogens with two attached hydrogens (primary N) is 1. The van der Waals surface area contributed by atoms with E-state index in [1.165, 1.54) is 7.11 Å². The molecule has 37 heavy (non-hydrogen) atoms. The molecule has 2 aromatic carbocycles. The van der Waals surface area contributed by atoms with Crippen molar-refractivity contribution in [2.75, 3.05) is 26.8 Å². The van der Waals surface area contributed by atoms with E-state index in [1.54, 1.807) is 21.7 Å². The van der Waals surface area contributed by atoms with Gasteiger partial charge in [0.25, 0.3) is 5.91 Å². The molecule has 9 heteroatoms. The lowest BCUT2D eigenvalue weighted by Gasteiger charge is -2.25. The van der Waals surface area contributed by atoms with Crippen LogP contribution in [0, 0.1) is 25.2 Å². The van der Waals surface area contributed by atoms with E-state index in [4.69, 9.17) is 25.0 Å². The number of nitrogens with zero attached hydrogens (tertiary/aromatic N) is 4. The highest BCUT2D eigenvalue weighted by Gasteiger charge is 2.36. The quantitative estimate of drug-likeness (QED) is 0.497. The first kappa shape index (κ1) is 25.6. The minimum atomic E-state index is -0.520. The van der Waals surface area contributed by atoms with Gasteiger partial charge in [-0.2, -0.15) is 10.4 Å². The van der Waals surface area contributed by atoms with Gasteiger partial charge in [-0.1, -0.05) is 23.8 Å². The van der Waals surface area contributed by atoms with Crippen molar-refractivity contribution in [2.24, 2.45) is 5.73 Å². The summed E-state index contributed by atoms with van der Waals surface area (Å²) in [6, 6.07) is 15.5. The van der Waals surface area contributed by atoms with E-state index < -0.39 is 5.92 Å². The van der Waals surface area contributed by atoms with E-state index in [9.17, 15) is 10.1 Å². The fourth-order valence-electron chi connectivity index (χ4n) is 4.50. The standard InChI is InChI=1S/C28H31N5O4/c1-6-32(7-2)24(34)16-36-22-13-10-19(14-23(22)35-5)26-21(15-29)27(30)37-28-25(26)18(4)31-33(28)20-11-8-17(3)9-12-20/h8-14,26H,6-7,16,30H2,1-5H3/t26-/m0/s1. The highest BCUT2D eigenvalue weighted by Crippen LogP contribution is 2.46. The van der Waals surface area contributed by atoms with Gasteiger partial charge in [0.1, 0.15) is 11.6 Å². The summed E-state index contributed by atoms with van der Waals surface area (Å²) in [6.07, 6.45) is 0. The predicted octanol–water partition coefficient (Wildman–Crippen LogP) is 3.96. The van der Waals surface area contributed by atoms with Crippen molar-refractivity contribution in [3.63, 3.8) is 0 Å². The van der Waals surface area contributed by atoms with Gasteiger partial charge >= 0.3 is 0 Å². The van der Waals surface area contributed by atoms with Gasteiger partial charge in [-0.3, -0.25) is 4.79 Å². The Bertz CT molecular complexity index is 1380. The number of carbonyl (C=O) groups excluding carboxylic acids is 1. The maximum absolute atomic E-state index is 12.4. The summed E-state index contributed by atoms with van der Waals surface area (Å²) in [6.45, 7) is 8.87. The Hall–Kier alpha value is -4.45. The molecule has 0 unspecified atom stereocenters. The Balaban J connectivity index is 1.74. The van der Waals surface area contributed by atoms with Crippen LogP contribution in [-0.4, -0.2) is 47.4 Å². The lowest BCUT2D eigenvalue weighted by Crippen LogP contribution is -2.34. The van der Waals surface area contributed by atoms with Crippen LogP contribution in [0.4, 0.5) is 0 Å². The molecule has 0 fully saturated rings. The maximum Gasteiger partial charge on any atom is 0.260 e. The Labute approximate surface area is 216 Å². The number of hydrogen-bond donors (Lipinski definition) is 1. The molecule has 1 aliphatic rings. The number of aryl methyl sites for hydroxylation is 2. The number of methoxy groups -OCH3 is 1.